The van der Waals surface area contributed by atoms with E-state index in [1.807, 2.05) is 36.0 Å². The lowest BCUT2D eigenvalue weighted by Gasteiger charge is -2.09. The third-order valence-corrected chi connectivity index (χ3v) is 4.47. The summed E-state index contributed by atoms with van der Waals surface area (Å²) in [6, 6.07) is 18.6. The van der Waals surface area contributed by atoms with Crippen LogP contribution in [0.25, 0.3) is 10.9 Å². The van der Waals surface area contributed by atoms with E-state index in [0.29, 0.717) is 5.25 Å². The van der Waals surface area contributed by atoms with E-state index in [9.17, 15) is 0 Å². The molecule has 0 saturated heterocycles. The molecule has 0 aliphatic rings. The average molecular weight is 288 g/mol. The number of aromatic nitrogens is 1. The lowest BCUT2D eigenvalue weighted by atomic mass is 10.2. The SMILES string of the molecule is CC(Sc1cc2ccc(Cl)cc2[nH]1)c1ccccc1. The molecule has 1 aromatic heterocycles. The standard InChI is InChI=1S/C16H14ClNS/c1-11(12-5-3-2-4-6-12)19-16-9-13-7-8-14(17)10-15(13)18-16/h2-11,18H,1H3. The highest BCUT2D eigenvalue weighted by Crippen LogP contribution is 2.35. The Bertz CT molecular complexity index is 690. The molecule has 1 nitrogen and oxygen atoms in total. The maximum Gasteiger partial charge on any atom is 0.0738 e. The Kier molecular flexibility index (Phi) is 3.54. The Morgan fingerprint density at radius 2 is 1.84 bits per heavy atom. The minimum Gasteiger partial charge on any atom is -0.350 e. The van der Waals surface area contributed by atoms with Crippen molar-refractivity contribution in [2.45, 2.75) is 17.2 Å². The summed E-state index contributed by atoms with van der Waals surface area (Å²) in [6.07, 6.45) is 0. The van der Waals surface area contributed by atoms with Gasteiger partial charge >= 0.3 is 0 Å². The van der Waals surface area contributed by atoms with Crippen LogP contribution in [0, 0.1) is 0 Å². The molecule has 96 valence electrons. The predicted molar refractivity (Wildman–Crippen MR) is 84.0 cm³/mol. The van der Waals surface area contributed by atoms with E-state index >= 15 is 0 Å². The van der Waals surface area contributed by atoms with Gasteiger partial charge in [-0.3, -0.25) is 0 Å². The zero-order valence-corrected chi connectivity index (χ0v) is 12.1. The highest BCUT2D eigenvalue weighted by Gasteiger charge is 2.09. The minimum absolute atomic E-state index is 0.421. The van der Waals surface area contributed by atoms with Crippen LogP contribution in [0.1, 0.15) is 17.7 Å². The first-order valence-corrected chi connectivity index (χ1v) is 7.48. The molecule has 3 aromatic rings. The molecule has 1 heterocycles. The summed E-state index contributed by atoms with van der Waals surface area (Å²) in [5, 5.41) is 3.56. The number of rotatable bonds is 3. The molecule has 1 N–H and O–H groups in total. The molecule has 0 bridgehead atoms. The zero-order chi connectivity index (χ0) is 13.2. The maximum absolute atomic E-state index is 6.00. The molecule has 0 spiro atoms. The maximum atomic E-state index is 6.00. The van der Waals surface area contributed by atoms with Gasteiger partial charge in [-0.2, -0.15) is 0 Å². The van der Waals surface area contributed by atoms with Gasteiger partial charge in [-0.1, -0.05) is 48.0 Å². The number of H-pyrrole nitrogens is 1. The van der Waals surface area contributed by atoms with Crippen molar-refractivity contribution in [3.05, 3.63) is 65.2 Å². The van der Waals surface area contributed by atoms with Crippen molar-refractivity contribution in [1.29, 1.82) is 0 Å². The molecule has 0 fully saturated rings. The topological polar surface area (TPSA) is 15.8 Å². The van der Waals surface area contributed by atoms with Gasteiger partial charge in [0.05, 0.1) is 5.03 Å². The molecule has 0 aliphatic heterocycles. The van der Waals surface area contributed by atoms with Crippen LogP contribution in [0.5, 0.6) is 0 Å². The fraction of sp³-hybridized carbons (Fsp3) is 0.125. The third-order valence-electron chi connectivity index (χ3n) is 3.13. The van der Waals surface area contributed by atoms with Crippen molar-refractivity contribution in [3.63, 3.8) is 0 Å². The van der Waals surface area contributed by atoms with E-state index < -0.39 is 0 Å². The molecule has 2 aromatic carbocycles. The highest BCUT2D eigenvalue weighted by atomic mass is 35.5. The summed E-state index contributed by atoms with van der Waals surface area (Å²) in [7, 11) is 0. The Labute approximate surface area is 122 Å². The number of hydrogen-bond donors (Lipinski definition) is 1. The number of nitrogens with one attached hydrogen (secondary N) is 1. The van der Waals surface area contributed by atoms with Gasteiger partial charge in [0.1, 0.15) is 0 Å². The van der Waals surface area contributed by atoms with Crippen LogP contribution in [-0.4, -0.2) is 4.98 Å². The van der Waals surface area contributed by atoms with E-state index in [2.05, 4.69) is 42.2 Å². The van der Waals surface area contributed by atoms with E-state index in [-0.39, 0.29) is 0 Å². The van der Waals surface area contributed by atoms with Gasteiger partial charge in [0.15, 0.2) is 0 Å². The van der Waals surface area contributed by atoms with Crippen LogP contribution in [0.3, 0.4) is 0 Å². The molecule has 0 amide bonds. The molecule has 0 aliphatic carbocycles. The summed E-state index contributed by atoms with van der Waals surface area (Å²) in [4.78, 5) is 3.42. The summed E-state index contributed by atoms with van der Waals surface area (Å²) in [5.41, 5.74) is 2.43. The molecule has 3 rings (SSSR count). The average Bonchev–Trinajstić information content (AvgIpc) is 2.81. The fourth-order valence-electron chi connectivity index (χ4n) is 2.12. The lowest BCUT2D eigenvalue weighted by molar-refractivity contribution is 1.08. The van der Waals surface area contributed by atoms with Gasteiger partial charge in [-0.25, -0.2) is 0 Å². The van der Waals surface area contributed by atoms with E-state index in [1.54, 1.807) is 0 Å². The van der Waals surface area contributed by atoms with Crippen molar-refractivity contribution >= 4 is 34.3 Å². The Morgan fingerprint density at radius 3 is 2.63 bits per heavy atom. The smallest absolute Gasteiger partial charge is 0.0738 e. The van der Waals surface area contributed by atoms with Crippen molar-refractivity contribution in [3.8, 4) is 0 Å². The number of aromatic amines is 1. The quantitative estimate of drug-likeness (QED) is 0.613. The number of fused-ring (bicyclic) bond motifs is 1. The molecular weight excluding hydrogens is 274 g/mol. The van der Waals surface area contributed by atoms with Crippen LogP contribution < -0.4 is 0 Å². The number of benzene rings is 2. The van der Waals surface area contributed by atoms with Gasteiger partial charge in [0.2, 0.25) is 0 Å². The normalized spacial score (nSPS) is 12.7. The number of thioether (sulfide) groups is 1. The summed E-state index contributed by atoms with van der Waals surface area (Å²) in [5.74, 6) is 0. The van der Waals surface area contributed by atoms with Crippen molar-refractivity contribution in [2.75, 3.05) is 0 Å². The summed E-state index contributed by atoms with van der Waals surface area (Å²) in [6.45, 7) is 2.22. The summed E-state index contributed by atoms with van der Waals surface area (Å²) < 4.78 is 0. The fourth-order valence-corrected chi connectivity index (χ4v) is 3.33. The predicted octanol–water partition coefficient (Wildman–Crippen LogP) is 5.67. The van der Waals surface area contributed by atoms with Crippen LogP contribution in [0.2, 0.25) is 5.02 Å². The van der Waals surface area contributed by atoms with Gasteiger partial charge in [-0.05, 0) is 30.7 Å². The van der Waals surface area contributed by atoms with Crippen LogP contribution in [0.15, 0.2) is 59.6 Å². The van der Waals surface area contributed by atoms with Crippen LogP contribution >= 0.6 is 23.4 Å². The van der Waals surface area contributed by atoms with E-state index in [4.69, 9.17) is 11.6 Å². The first kappa shape index (κ1) is 12.6. The molecule has 1 unspecified atom stereocenters. The molecule has 1 atom stereocenters. The van der Waals surface area contributed by atoms with E-state index in [1.165, 1.54) is 16.0 Å². The molecular formula is C16H14ClNS. The molecule has 0 saturated carbocycles. The van der Waals surface area contributed by atoms with Crippen molar-refractivity contribution < 1.29 is 0 Å². The first-order valence-electron chi connectivity index (χ1n) is 6.22. The Morgan fingerprint density at radius 1 is 1.05 bits per heavy atom. The molecule has 0 radical (unpaired) electrons. The Hall–Kier alpha value is -1.38. The molecule has 19 heavy (non-hydrogen) atoms. The third kappa shape index (κ3) is 2.80. The first-order chi connectivity index (χ1) is 9.22. The largest absolute Gasteiger partial charge is 0.350 e. The van der Waals surface area contributed by atoms with Gasteiger partial charge in [0.25, 0.3) is 0 Å². The van der Waals surface area contributed by atoms with E-state index in [0.717, 1.165) is 10.5 Å². The monoisotopic (exact) mass is 287 g/mol. The number of halogens is 1. The minimum atomic E-state index is 0.421. The molecule has 3 heteroatoms. The Balaban J connectivity index is 1.85. The number of hydrogen-bond acceptors (Lipinski definition) is 1. The van der Waals surface area contributed by atoms with Crippen LogP contribution in [-0.2, 0) is 0 Å². The summed E-state index contributed by atoms with van der Waals surface area (Å²) >= 11 is 7.83. The second-order valence-corrected chi connectivity index (χ2v) is 6.35. The second kappa shape index (κ2) is 5.32. The van der Waals surface area contributed by atoms with Crippen LogP contribution in [0.4, 0.5) is 0 Å². The zero-order valence-electron chi connectivity index (χ0n) is 10.6. The van der Waals surface area contributed by atoms with Crippen molar-refractivity contribution in [2.24, 2.45) is 0 Å². The van der Waals surface area contributed by atoms with Gasteiger partial charge in [-0.15, -0.1) is 11.8 Å². The van der Waals surface area contributed by atoms with Crippen molar-refractivity contribution in [1.82, 2.24) is 4.98 Å². The highest BCUT2D eigenvalue weighted by molar-refractivity contribution is 7.99. The second-order valence-electron chi connectivity index (χ2n) is 4.54. The lowest BCUT2D eigenvalue weighted by Crippen LogP contribution is -1.87. The van der Waals surface area contributed by atoms with Gasteiger partial charge in [0, 0.05) is 21.2 Å². The van der Waals surface area contributed by atoms with Gasteiger partial charge < -0.3 is 4.98 Å².